The van der Waals surface area contributed by atoms with Crippen molar-refractivity contribution in [2.75, 3.05) is 5.73 Å². The van der Waals surface area contributed by atoms with E-state index < -0.39 is 5.97 Å². The molecule has 0 spiro atoms. The SMILES string of the molecule is CC(C)CCn1cc(N)cc1C(=O)O. The molecule has 0 saturated carbocycles. The molecule has 4 nitrogen and oxygen atoms in total. The summed E-state index contributed by atoms with van der Waals surface area (Å²) in [5.41, 5.74) is 6.31. The maximum absolute atomic E-state index is 10.8. The number of aromatic carboxylic acids is 1. The maximum atomic E-state index is 10.8. The molecule has 0 aromatic carbocycles. The van der Waals surface area contributed by atoms with E-state index in [-0.39, 0.29) is 5.69 Å². The summed E-state index contributed by atoms with van der Waals surface area (Å²) in [6.07, 6.45) is 2.63. The van der Waals surface area contributed by atoms with Crippen LogP contribution in [0.2, 0.25) is 0 Å². The van der Waals surface area contributed by atoms with Crippen LogP contribution >= 0.6 is 0 Å². The minimum absolute atomic E-state index is 0.267. The van der Waals surface area contributed by atoms with E-state index >= 15 is 0 Å². The summed E-state index contributed by atoms with van der Waals surface area (Å²) >= 11 is 0. The van der Waals surface area contributed by atoms with E-state index in [0.29, 0.717) is 18.2 Å². The van der Waals surface area contributed by atoms with Gasteiger partial charge in [-0.15, -0.1) is 0 Å². The van der Waals surface area contributed by atoms with Crippen molar-refractivity contribution < 1.29 is 9.90 Å². The van der Waals surface area contributed by atoms with Crippen LogP contribution in [0.25, 0.3) is 0 Å². The standard InChI is InChI=1S/C10H16N2O2/c1-7(2)3-4-12-6-8(11)5-9(12)10(13)14/h5-7H,3-4,11H2,1-2H3,(H,13,14). The summed E-state index contributed by atoms with van der Waals surface area (Å²) in [6.45, 7) is 4.91. The van der Waals surface area contributed by atoms with Gasteiger partial charge < -0.3 is 15.4 Å². The number of carboxylic acid groups (broad SMARTS) is 1. The van der Waals surface area contributed by atoms with Gasteiger partial charge in [0.2, 0.25) is 0 Å². The lowest BCUT2D eigenvalue weighted by Crippen LogP contribution is -2.09. The van der Waals surface area contributed by atoms with Gasteiger partial charge in [0, 0.05) is 12.7 Å². The molecule has 0 aliphatic heterocycles. The zero-order valence-corrected chi connectivity index (χ0v) is 8.53. The van der Waals surface area contributed by atoms with Gasteiger partial charge in [-0.25, -0.2) is 4.79 Å². The van der Waals surface area contributed by atoms with Crippen LogP contribution in [0, 0.1) is 5.92 Å². The first-order chi connectivity index (χ1) is 6.50. The lowest BCUT2D eigenvalue weighted by Gasteiger charge is -2.07. The molecule has 1 aromatic rings. The number of nitrogens with zero attached hydrogens (tertiary/aromatic N) is 1. The average molecular weight is 196 g/mol. The van der Waals surface area contributed by atoms with E-state index in [1.807, 2.05) is 0 Å². The highest BCUT2D eigenvalue weighted by molar-refractivity contribution is 5.87. The topological polar surface area (TPSA) is 68.2 Å². The summed E-state index contributed by atoms with van der Waals surface area (Å²) in [6, 6.07) is 1.49. The van der Waals surface area contributed by atoms with Gasteiger partial charge in [-0.3, -0.25) is 0 Å². The fourth-order valence-corrected chi connectivity index (χ4v) is 1.29. The first-order valence-electron chi connectivity index (χ1n) is 4.69. The largest absolute Gasteiger partial charge is 0.477 e. The molecule has 0 radical (unpaired) electrons. The minimum Gasteiger partial charge on any atom is -0.477 e. The number of nitrogens with two attached hydrogens (primary N) is 1. The second kappa shape index (κ2) is 4.17. The third-order valence-corrected chi connectivity index (χ3v) is 2.08. The van der Waals surface area contributed by atoms with Crippen molar-refractivity contribution >= 4 is 11.7 Å². The number of aryl methyl sites for hydroxylation is 1. The Kier molecular flexibility index (Phi) is 3.17. The van der Waals surface area contributed by atoms with E-state index in [2.05, 4.69) is 13.8 Å². The molecule has 0 amide bonds. The highest BCUT2D eigenvalue weighted by Gasteiger charge is 2.10. The van der Waals surface area contributed by atoms with Gasteiger partial charge in [0.05, 0.1) is 5.69 Å². The Morgan fingerprint density at radius 2 is 2.29 bits per heavy atom. The highest BCUT2D eigenvalue weighted by Crippen LogP contribution is 2.13. The average Bonchev–Trinajstić information content (AvgIpc) is 2.43. The van der Waals surface area contributed by atoms with Crippen molar-refractivity contribution in [2.45, 2.75) is 26.8 Å². The van der Waals surface area contributed by atoms with Gasteiger partial charge >= 0.3 is 5.97 Å². The molecule has 0 atom stereocenters. The van der Waals surface area contributed by atoms with Gasteiger partial charge in [0.15, 0.2) is 0 Å². The summed E-state index contributed by atoms with van der Waals surface area (Å²) in [5.74, 6) is -0.370. The molecule has 0 aliphatic carbocycles. The highest BCUT2D eigenvalue weighted by atomic mass is 16.4. The van der Waals surface area contributed by atoms with Gasteiger partial charge in [-0.2, -0.15) is 0 Å². The van der Waals surface area contributed by atoms with Crippen LogP contribution in [0.5, 0.6) is 0 Å². The zero-order chi connectivity index (χ0) is 10.7. The summed E-state index contributed by atoms with van der Waals surface area (Å²) in [4.78, 5) is 10.8. The van der Waals surface area contributed by atoms with E-state index in [9.17, 15) is 4.79 Å². The van der Waals surface area contributed by atoms with Gasteiger partial charge in [0.1, 0.15) is 5.69 Å². The Morgan fingerprint density at radius 3 is 2.79 bits per heavy atom. The molecule has 0 fully saturated rings. The number of carboxylic acids is 1. The maximum Gasteiger partial charge on any atom is 0.352 e. The molecule has 0 bridgehead atoms. The predicted octanol–water partition coefficient (Wildman–Crippen LogP) is 1.81. The molecule has 0 aliphatic rings. The number of carbonyl (C=O) groups is 1. The van der Waals surface area contributed by atoms with E-state index in [4.69, 9.17) is 10.8 Å². The Morgan fingerprint density at radius 1 is 1.64 bits per heavy atom. The van der Waals surface area contributed by atoms with Crippen LogP contribution < -0.4 is 5.73 Å². The zero-order valence-electron chi connectivity index (χ0n) is 8.53. The Balaban J connectivity index is 2.79. The first-order valence-corrected chi connectivity index (χ1v) is 4.69. The van der Waals surface area contributed by atoms with Crippen LogP contribution in [0.1, 0.15) is 30.8 Å². The molecule has 0 saturated heterocycles. The molecule has 14 heavy (non-hydrogen) atoms. The van der Waals surface area contributed by atoms with Crippen molar-refractivity contribution in [3.05, 3.63) is 18.0 Å². The Labute approximate surface area is 83.3 Å². The molecule has 3 N–H and O–H groups in total. The number of hydrogen-bond donors (Lipinski definition) is 2. The lowest BCUT2D eigenvalue weighted by atomic mass is 10.1. The van der Waals surface area contributed by atoms with E-state index in [1.54, 1.807) is 10.8 Å². The summed E-state index contributed by atoms with van der Waals surface area (Å²) in [5, 5.41) is 8.87. The van der Waals surface area contributed by atoms with Crippen molar-refractivity contribution in [1.29, 1.82) is 0 Å². The first kappa shape index (κ1) is 10.6. The second-order valence-electron chi connectivity index (χ2n) is 3.84. The third-order valence-electron chi connectivity index (χ3n) is 2.08. The molecule has 78 valence electrons. The van der Waals surface area contributed by atoms with Crippen LogP contribution in [0.4, 0.5) is 5.69 Å². The monoisotopic (exact) mass is 196 g/mol. The number of nitrogen functional groups attached to an aromatic ring is 1. The fourth-order valence-electron chi connectivity index (χ4n) is 1.29. The quantitative estimate of drug-likeness (QED) is 0.771. The molecule has 1 rings (SSSR count). The number of rotatable bonds is 4. The number of aromatic nitrogens is 1. The summed E-state index contributed by atoms with van der Waals surface area (Å²) < 4.78 is 1.69. The molecule has 4 heteroatoms. The smallest absolute Gasteiger partial charge is 0.352 e. The van der Waals surface area contributed by atoms with Crippen LogP contribution in [0.15, 0.2) is 12.3 Å². The summed E-state index contributed by atoms with van der Waals surface area (Å²) in [7, 11) is 0. The Bertz CT molecular complexity index is 329. The number of hydrogen-bond acceptors (Lipinski definition) is 2. The van der Waals surface area contributed by atoms with Crippen LogP contribution in [-0.2, 0) is 6.54 Å². The molecular weight excluding hydrogens is 180 g/mol. The van der Waals surface area contributed by atoms with Crippen LogP contribution in [-0.4, -0.2) is 15.6 Å². The van der Waals surface area contributed by atoms with Gasteiger partial charge in [-0.05, 0) is 18.4 Å². The van der Waals surface area contributed by atoms with Gasteiger partial charge in [-0.1, -0.05) is 13.8 Å². The van der Waals surface area contributed by atoms with Crippen molar-refractivity contribution in [3.8, 4) is 0 Å². The molecular formula is C10H16N2O2. The van der Waals surface area contributed by atoms with Gasteiger partial charge in [0.25, 0.3) is 0 Å². The number of anilines is 1. The van der Waals surface area contributed by atoms with Crippen molar-refractivity contribution in [1.82, 2.24) is 4.57 Å². The molecule has 1 heterocycles. The predicted molar refractivity (Wildman–Crippen MR) is 55.3 cm³/mol. The molecule has 0 unspecified atom stereocenters. The van der Waals surface area contributed by atoms with Crippen molar-refractivity contribution in [2.24, 2.45) is 5.92 Å². The fraction of sp³-hybridized carbons (Fsp3) is 0.500. The lowest BCUT2D eigenvalue weighted by molar-refractivity contribution is 0.0684. The van der Waals surface area contributed by atoms with Crippen LogP contribution in [0.3, 0.4) is 0 Å². The van der Waals surface area contributed by atoms with E-state index in [0.717, 1.165) is 6.42 Å². The van der Waals surface area contributed by atoms with Crippen molar-refractivity contribution in [3.63, 3.8) is 0 Å². The minimum atomic E-state index is -0.926. The Hall–Kier alpha value is -1.45. The second-order valence-corrected chi connectivity index (χ2v) is 3.84. The normalized spacial score (nSPS) is 10.8. The third kappa shape index (κ3) is 2.52. The molecule has 1 aromatic heterocycles. The van der Waals surface area contributed by atoms with E-state index in [1.165, 1.54) is 6.07 Å².